The average Bonchev–Trinajstić information content (AvgIpc) is 2.67. The molecule has 3 nitrogen and oxygen atoms in total. The van der Waals surface area contributed by atoms with E-state index >= 15 is 0 Å². The summed E-state index contributed by atoms with van der Waals surface area (Å²) in [6.07, 6.45) is 3.97. The minimum Gasteiger partial charge on any atom is -0.385 e. The van der Waals surface area contributed by atoms with Crippen molar-refractivity contribution in [2.45, 2.75) is 12.8 Å². The Morgan fingerprint density at radius 2 is 1.54 bits per heavy atom. The third-order valence-corrected chi connectivity index (χ3v) is 4.26. The monoisotopic (exact) mass is 313 g/mol. The largest absolute Gasteiger partial charge is 0.385 e. The number of anilines is 1. The maximum atomic E-state index is 4.98. The lowest BCUT2D eigenvalue weighted by atomic mass is 10.0. The van der Waals surface area contributed by atoms with Gasteiger partial charge in [-0.1, -0.05) is 60.7 Å². The van der Waals surface area contributed by atoms with Gasteiger partial charge in [-0.05, 0) is 18.9 Å². The summed E-state index contributed by atoms with van der Waals surface area (Å²) in [5, 5.41) is 3.45. The van der Waals surface area contributed by atoms with E-state index < -0.39 is 0 Å². The Balaban J connectivity index is 1.87. The number of fused-ring (bicyclic) bond motifs is 1. The summed E-state index contributed by atoms with van der Waals surface area (Å²) in [6, 6.07) is 22.7. The van der Waals surface area contributed by atoms with Crippen molar-refractivity contribution in [3.05, 3.63) is 89.6 Å². The van der Waals surface area contributed by atoms with Crippen LogP contribution in [0.2, 0.25) is 0 Å². The highest BCUT2D eigenvalue weighted by Crippen LogP contribution is 2.30. The van der Waals surface area contributed by atoms with Crippen molar-refractivity contribution in [1.29, 1.82) is 0 Å². The maximum Gasteiger partial charge on any atom is 0.157 e. The van der Waals surface area contributed by atoms with Crippen LogP contribution in [0.25, 0.3) is 0 Å². The molecule has 0 fully saturated rings. The number of aliphatic imine (C=N–C) groups is 1. The molecule has 3 aromatic rings. The predicted molar refractivity (Wildman–Crippen MR) is 99.2 cm³/mol. The van der Waals surface area contributed by atoms with Crippen LogP contribution >= 0.6 is 0 Å². The Kier molecular flexibility index (Phi) is 4.07. The van der Waals surface area contributed by atoms with Gasteiger partial charge < -0.3 is 5.32 Å². The molecule has 0 spiro atoms. The first kappa shape index (κ1) is 14.6. The molecular formula is C21H19N3. The fraction of sp³-hybridized carbons (Fsp3) is 0.143. The fourth-order valence-corrected chi connectivity index (χ4v) is 3.07. The van der Waals surface area contributed by atoms with Gasteiger partial charge in [-0.3, -0.25) is 0 Å². The molecule has 118 valence electrons. The molecule has 24 heavy (non-hydrogen) atoms. The Bertz CT molecular complexity index is 813. The van der Waals surface area contributed by atoms with E-state index in [1.165, 1.54) is 5.56 Å². The minimum atomic E-state index is 0.822. The highest BCUT2D eigenvalue weighted by atomic mass is 15.0. The summed E-state index contributed by atoms with van der Waals surface area (Å²) in [5.74, 6) is 0.822. The first-order valence-corrected chi connectivity index (χ1v) is 8.33. The van der Waals surface area contributed by atoms with Crippen molar-refractivity contribution in [3.8, 4) is 0 Å². The zero-order valence-electron chi connectivity index (χ0n) is 13.4. The SMILES string of the molecule is c1ccc(C(=Nc2nccc3c2CCCN3)c2ccccc2)cc1. The van der Waals surface area contributed by atoms with Crippen LogP contribution in [0.3, 0.4) is 0 Å². The van der Waals surface area contributed by atoms with E-state index in [1.807, 2.05) is 48.7 Å². The van der Waals surface area contributed by atoms with Gasteiger partial charge in [0.1, 0.15) is 0 Å². The van der Waals surface area contributed by atoms with Crippen LogP contribution in [0.4, 0.5) is 11.5 Å². The van der Waals surface area contributed by atoms with E-state index in [1.54, 1.807) is 0 Å². The standard InChI is InChI=1S/C21H19N3/c1-3-8-16(9-4-1)20(17-10-5-2-6-11-17)24-21-18-12-7-14-22-19(18)13-15-23-21/h1-6,8-11,13,15,22H,7,12,14H2. The number of nitrogens with zero attached hydrogens (tertiary/aromatic N) is 2. The number of nitrogens with one attached hydrogen (secondary N) is 1. The lowest BCUT2D eigenvalue weighted by Crippen LogP contribution is -2.12. The average molecular weight is 313 g/mol. The first-order valence-electron chi connectivity index (χ1n) is 8.33. The third kappa shape index (κ3) is 2.93. The van der Waals surface area contributed by atoms with Crippen LogP contribution in [0, 0.1) is 0 Å². The number of rotatable bonds is 3. The van der Waals surface area contributed by atoms with Gasteiger partial charge in [0.15, 0.2) is 5.82 Å². The highest BCUT2D eigenvalue weighted by molar-refractivity contribution is 6.13. The summed E-state index contributed by atoms with van der Waals surface area (Å²) in [7, 11) is 0. The van der Waals surface area contributed by atoms with Crippen LogP contribution in [-0.4, -0.2) is 17.2 Å². The van der Waals surface area contributed by atoms with E-state index in [0.717, 1.165) is 47.7 Å². The minimum absolute atomic E-state index is 0.822. The molecule has 0 radical (unpaired) electrons. The van der Waals surface area contributed by atoms with E-state index in [0.29, 0.717) is 0 Å². The molecule has 0 saturated heterocycles. The van der Waals surface area contributed by atoms with E-state index in [9.17, 15) is 0 Å². The molecule has 1 aliphatic rings. The molecule has 0 atom stereocenters. The van der Waals surface area contributed by atoms with Crippen molar-refractivity contribution in [1.82, 2.24) is 4.98 Å². The normalized spacial score (nSPS) is 12.8. The van der Waals surface area contributed by atoms with Crippen molar-refractivity contribution in [2.24, 2.45) is 4.99 Å². The Labute approximate surface area is 142 Å². The summed E-state index contributed by atoms with van der Waals surface area (Å²) < 4.78 is 0. The van der Waals surface area contributed by atoms with Gasteiger partial charge in [0, 0.05) is 35.1 Å². The highest BCUT2D eigenvalue weighted by Gasteiger charge is 2.15. The van der Waals surface area contributed by atoms with Gasteiger partial charge in [0.05, 0.1) is 5.71 Å². The number of hydrogen-bond acceptors (Lipinski definition) is 3. The molecular weight excluding hydrogens is 294 g/mol. The summed E-state index contributed by atoms with van der Waals surface area (Å²) in [5.41, 5.74) is 5.55. The van der Waals surface area contributed by atoms with Gasteiger partial charge in [-0.25, -0.2) is 9.98 Å². The number of benzene rings is 2. The van der Waals surface area contributed by atoms with E-state index in [4.69, 9.17) is 4.99 Å². The molecule has 1 aliphatic heterocycles. The van der Waals surface area contributed by atoms with Crippen LogP contribution in [0.5, 0.6) is 0 Å². The summed E-state index contributed by atoms with van der Waals surface area (Å²) >= 11 is 0. The zero-order valence-corrected chi connectivity index (χ0v) is 13.4. The summed E-state index contributed by atoms with van der Waals surface area (Å²) in [4.78, 5) is 9.53. The number of pyridine rings is 1. The molecule has 0 aliphatic carbocycles. The second-order valence-corrected chi connectivity index (χ2v) is 5.88. The molecule has 0 amide bonds. The molecule has 2 aromatic carbocycles. The zero-order chi connectivity index (χ0) is 16.2. The van der Waals surface area contributed by atoms with Gasteiger partial charge in [0.25, 0.3) is 0 Å². The van der Waals surface area contributed by atoms with Gasteiger partial charge in [0.2, 0.25) is 0 Å². The second kappa shape index (κ2) is 6.67. The molecule has 0 unspecified atom stereocenters. The smallest absolute Gasteiger partial charge is 0.157 e. The number of aromatic nitrogens is 1. The maximum absolute atomic E-state index is 4.98. The van der Waals surface area contributed by atoms with Crippen LogP contribution in [0.15, 0.2) is 77.9 Å². The van der Waals surface area contributed by atoms with E-state index in [2.05, 4.69) is 34.6 Å². The first-order chi connectivity index (χ1) is 11.9. The van der Waals surface area contributed by atoms with Gasteiger partial charge in [-0.2, -0.15) is 0 Å². The van der Waals surface area contributed by atoms with Crippen molar-refractivity contribution < 1.29 is 0 Å². The molecule has 4 rings (SSSR count). The molecule has 0 bridgehead atoms. The van der Waals surface area contributed by atoms with E-state index in [-0.39, 0.29) is 0 Å². The predicted octanol–water partition coefficient (Wildman–Crippen LogP) is 4.61. The molecule has 3 heteroatoms. The Morgan fingerprint density at radius 1 is 0.875 bits per heavy atom. The quantitative estimate of drug-likeness (QED) is 0.717. The fourth-order valence-electron chi connectivity index (χ4n) is 3.07. The van der Waals surface area contributed by atoms with Crippen molar-refractivity contribution in [3.63, 3.8) is 0 Å². The van der Waals surface area contributed by atoms with Crippen LogP contribution < -0.4 is 5.32 Å². The molecule has 2 heterocycles. The van der Waals surface area contributed by atoms with Crippen LogP contribution in [-0.2, 0) is 6.42 Å². The molecule has 1 N–H and O–H groups in total. The Morgan fingerprint density at radius 3 is 2.21 bits per heavy atom. The second-order valence-electron chi connectivity index (χ2n) is 5.88. The Hall–Kier alpha value is -2.94. The third-order valence-electron chi connectivity index (χ3n) is 4.26. The lowest BCUT2D eigenvalue weighted by Gasteiger charge is -2.19. The molecule has 0 saturated carbocycles. The number of hydrogen-bond donors (Lipinski definition) is 1. The van der Waals surface area contributed by atoms with Crippen molar-refractivity contribution in [2.75, 3.05) is 11.9 Å². The topological polar surface area (TPSA) is 37.3 Å². The van der Waals surface area contributed by atoms with Crippen molar-refractivity contribution >= 4 is 17.2 Å². The van der Waals surface area contributed by atoms with Gasteiger partial charge >= 0.3 is 0 Å². The van der Waals surface area contributed by atoms with Gasteiger partial charge in [-0.15, -0.1) is 0 Å². The van der Waals surface area contributed by atoms with Crippen LogP contribution in [0.1, 0.15) is 23.1 Å². The lowest BCUT2D eigenvalue weighted by molar-refractivity contribution is 0.825. The summed E-state index contributed by atoms with van der Waals surface area (Å²) in [6.45, 7) is 1.02. The molecule has 1 aromatic heterocycles.